The van der Waals surface area contributed by atoms with Crippen LogP contribution in [0.5, 0.6) is 0 Å². The van der Waals surface area contributed by atoms with Crippen LogP contribution in [-0.2, 0) is 0 Å². The minimum atomic E-state index is -3.07. The number of fused-ring (bicyclic) bond motifs is 8. The van der Waals surface area contributed by atoms with E-state index in [2.05, 4.69) is 325 Å². The van der Waals surface area contributed by atoms with E-state index in [-0.39, 0.29) is 0 Å². The van der Waals surface area contributed by atoms with Crippen molar-refractivity contribution in [3.63, 3.8) is 0 Å². The van der Waals surface area contributed by atoms with E-state index < -0.39 is 16.1 Å². The molecule has 1 aliphatic rings. The molecule has 4 nitrogen and oxygen atoms in total. The highest BCUT2D eigenvalue weighted by atomic mass is 28.3. The highest BCUT2D eigenvalue weighted by Gasteiger charge is 2.48. The van der Waals surface area contributed by atoms with E-state index in [9.17, 15) is 0 Å². The molecule has 4 heterocycles. The first-order valence-corrected chi connectivity index (χ1v) is 32.2. The van der Waals surface area contributed by atoms with Gasteiger partial charge >= 0.3 is 0 Å². The van der Waals surface area contributed by atoms with Crippen molar-refractivity contribution in [3.8, 4) is 45.3 Å². The van der Waals surface area contributed by atoms with Crippen LogP contribution >= 0.6 is 0 Å². The smallest absolute Gasteiger partial charge is 0.184 e. The monoisotopic (exact) mass is 1080 g/mol. The van der Waals surface area contributed by atoms with Crippen molar-refractivity contribution < 1.29 is 0 Å². The van der Waals surface area contributed by atoms with E-state index in [1.807, 2.05) is 0 Å². The maximum Gasteiger partial charge on any atom is 0.184 e. The zero-order valence-electron chi connectivity index (χ0n) is 44.8. The van der Waals surface area contributed by atoms with Crippen molar-refractivity contribution in [1.29, 1.82) is 0 Å². The van der Waals surface area contributed by atoms with Gasteiger partial charge < -0.3 is 9.13 Å². The summed E-state index contributed by atoms with van der Waals surface area (Å²) in [5, 5.41) is 15.6. The average molecular weight is 1080 g/mol. The fraction of sp³-hybridized carbons (Fsp3) is 0. The zero-order chi connectivity index (χ0) is 54.2. The Morgan fingerprint density at radius 1 is 0.293 bits per heavy atom. The summed E-state index contributed by atoms with van der Waals surface area (Å²) < 4.78 is 4.93. The summed E-state index contributed by atoms with van der Waals surface area (Å²) >= 11 is 0. The topological polar surface area (TPSA) is 35.6 Å². The normalized spacial score (nSPS) is 13.9. The molecule has 0 N–H and O–H groups in total. The molecular weight excluding hydrogens is 1030 g/mol. The quantitative estimate of drug-likeness (QED) is 0.101. The molecule has 0 bridgehead atoms. The molecule has 0 radical (unpaired) electrons. The Balaban J connectivity index is 0.965. The third-order valence-electron chi connectivity index (χ3n) is 17.3. The van der Waals surface area contributed by atoms with Crippen molar-refractivity contribution in [2.45, 2.75) is 0 Å². The Kier molecular flexibility index (Phi) is 11.2. The summed E-state index contributed by atoms with van der Waals surface area (Å²) in [4.78, 5) is 11.5. The van der Waals surface area contributed by atoms with Crippen molar-refractivity contribution >= 4 is 101 Å². The highest BCUT2D eigenvalue weighted by Crippen LogP contribution is 2.38. The SMILES string of the molecule is c1ccc([Si](c2ccccc2)(c2ccccc2)c2cccc(-c3cc(-c4cccc([Si]5(c6ccccc6)c6ccccc6-n6c7ccccc7c7cccc5c76)c4)nc(-c4ccccc4-n4c5ccccc5c5ccccc54)n3)c2)cc1. The lowest BCUT2D eigenvalue weighted by Crippen LogP contribution is -2.76. The molecule has 384 valence electrons. The zero-order valence-corrected chi connectivity index (χ0v) is 46.8. The van der Waals surface area contributed by atoms with E-state index in [4.69, 9.17) is 9.97 Å². The highest BCUT2D eigenvalue weighted by molar-refractivity contribution is 7.21. The van der Waals surface area contributed by atoms with Crippen LogP contribution in [0.4, 0.5) is 0 Å². The second kappa shape index (κ2) is 19.2. The van der Waals surface area contributed by atoms with Gasteiger partial charge in [-0.1, -0.05) is 273 Å². The molecule has 0 saturated carbocycles. The Bertz CT molecular complexity index is 4790. The largest absolute Gasteiger partial charge is 0.309 e. The molecule has 3 aromatic heterocycles. The molecular formula is C76H52N4Si2. The second-order valence-electron chi connectivity index (χ2n) is 21.5. The van der Waals surface area contributed by atoms with E-state index in [1.165, 1.54) is 79.8 Å². The van der Waals surface area contributed by atoms with Crippen LogP contribution < -0.4 is 41.5 Å². The van der Waals surface area contributed by atoms with Gasteiger partial charge in [0.25, 0.3) is 0 Å². The lowest BCUT2D eigenvalue weighted by Gasteiger charge is -2.40. The number of aromatic nitrogens is 4. The lowest BCUT2D eigenvalue weighted by atomic mass is 10.1. The van der Waals surface area contributed by atoms with Gasteiger partial charge in [-0.25, -0.2) is 9.97 Å². The molecule has 16 rings (SSSR count). The Labute approximate surface area is 478 Å². The van der Waals surface area contributed by atoms with E-state index in [1.54, 1.807) is 0 Å². The van der Waals surface area contributed by atoms with Crippen LogP contribution in [0.2, 0.25) is 0 Å². The molecule has 0 aliphatic carbocycles. The molecule has 82 heavy (non-hydrogen) atoms. The van der Waals surface area contributed by atoms with Gasteiger partial charge in [-0.3, -0.25) is 0 Å². The molecule has 0 amide bonds. The number of nitrogens with zero attached hydrogens (tertiary/aromatic N) is 4. The predicted octanol–water partition coefficient (Wildman–Crippen LogP) is 12.7. The Morgan fingerprint density at radius 3 is 1.34 bits per heavy atom. The van der Waals surface area contributed by atoms with Crippen LogP contribution in [0, 0.1) is 0 Å². The van der Waals surface area contributed by atoms with Crippen molar-refractivity contribution in [1.82, 2.24) is 19.1 Å². The van der Waals surface area contributed by atoms with Gasteiger partial charge in [0.05, 0.1) is 39.1 Å². The van der Waals surface area contributed by atoms with E-state index in [0.717, 1.165) is 44.8 Å². The van der Waals surface area contributed by atoms with Gasteiger partial charge in [-0.15, -0.1) is 0 Å². The average Bonchev–Trinajstić information content (AvgIpc) is 2.27. The first kappa shape index (κ1) is 47.7. The second-order valence-corrected chi connectivity index (χ2v) is 29.1. The van der Waals surface area contributed by atoms with Crippen molar-refractivity contribution in [3.05, 3.63) is 315 Å². The van der Waals surface area contributed by atoms with Crippen LogP contribution in [0.1, 0.15) is 0 Å². The van der Waals surface area contributed by atoms with E-state index in [0.29, 0.717) is 5.82 Å². The number of hydrogen-bond donors (Lipinski definition) is 0. The number of rotatable bonds is 10. The molecule has 1 atom stereocenters. The van der Waals surface area contributed by atoms with Gasteiger partial charge in [0.15, 0.2) is 22.0 Å². The van der Waals surface area contributed by atoms with E-state index >= 15 is 0 Å². The summed E-state index contributed by atoms with van der Waals surface area (Å²) in [5.41, 5.74) is 11.8. The Morgan fingerprint density at radius 2 is 0.720 bits per heavy atom. The number of hydrogen-bond acceptors (Lipinski definition) is 2. The minimum absolute atomic E-state index is 0.658. The van der Waals surface area contributed by atoms with Gasteiger partial charge in [-0.05, 0) is 84.0 Å². The molecule has 15 aromatic rings. The van der Waals surface area contributed by atoms with Crippen LogP contribution in [-0.4, -0.2) is 35.2 Å². The third-order valence-corrected chi connectivity index (χ3v) is 26.9. The fourth-order valence-corrected chi connectivity index (χ4v) is 23.9. The summed E-state index contributed by atoms with van der Waals surface area (Å²) in [6.45, 7) is 0. The Hall–Kier alpha value is -10.2. The standard InChI is InChI=1S/C76H52N4Si2/c1-5-28-55(29-6-1)81(56-30-7-2-8-31-56,57-32-9-3-10-33-57)59-36-23-26-53(50-59)66-52-67(78-76(77-66)65-41-16-20-46-71(65)79-68-43-17-13-38-61(68)62-39-14-18-44-69(62)79)54-27-24-37-60(51-54)82(58-34-11-4-12-35-58)73-48-22-21-47-72(73)80-70-45-19-15-40-63(70)64-42-25-49-74(82)75(64)80/h1-52H. The fourth-order valence-electron chi connectivity index (χ4n) is 14.0. The van der Waals surface area contributed by atoms with Crippen LogP contribution in [0.25, 0.3) is 88.9 Å². The molecule has 6 heteroatoms. The molecule has 1 unspecified atom stereocenters. The van der Waals surface area contributed by atoms with Gasteiger partial charge in [0, 0.05) is 43.9 Å². The third kappa shape index (κ3) is 7.15. The van der Waals surface area contributed by atoms with Gasteiger partial charge in [0.1, 0.15) is 0 Å². The summed E-state index contributed by atoms with van der Waals surface area (Å²) in [6, 6.07) is 117. The number of benzene rings is 12. The van der Waals surface area contributed by atoms with Gasteiger partial charge in [-0.2, -0.15) is 0 Å². The molecule has 12 aromatic carbocycles. The maximum absolute atomic E-state index is 5.77. The van der Waals surface area contributed by atoms with Gasteiger partial charge in [0.2, 0.25) is 0 Å². The molecule has 0 fully saturated rings. The first-order valence-electron chi connectivity index (χ1n) is 28.2. The summed E-state index contributed by atoms with van der Waals surface area (Å²) in [7, 11) is -5.99. The maximum atomic E-state index is 5.77. The minimum Gasteiger partial charge on any atom is -0.309 e. The van der Waals surface area contributed by atoms with Crippen molar-refractivity contribution in [2.75, 3.05) is 0 Å². The summed E-state index contributed by atoms with van der Waals surface area (Å²) in [5.74, 6) is 0.658. The first-order chi connectivity index (χ1) is 40.7. The van der Waals surface area contributed by atoms with Crippen molar-refractivity contribution in [2.24, 2.45) is 0 Å². The summed E-state index contributed by atoms with van der Waals surface area (Å²) in [6.07, 6.45) is 0. The molecule has 0 spiro atoms. The molecule has 0 saturated heterocycles. The molecule has 1 aliphatic heterocycles. The number of para-hydroxylation sites is 6. The van der Waals surface area contributed by atoms with Crippen LogP contribution in [0.3, 0.4) is 0 Å². The predicted molar refractivity (Wildman–Crippen MR) is 348 cm³/mol. The van der Waals surface area contributed by atoms with Crippen LogP contribution in [0.15, 0.2) is 315 Å². The lowest BCUT2D eigenvalue weighted by molar-refractivity contribution is 1.14.